The van der Waals surface area contributed by atoms with Crippen LogP contribution >= 0.6 is 15.9 Å². The van der Waals surface area contributed by atoms with Crippen LogP contribution in [0.25, 0.3) is 0 Å². The monoisotopic (exact) mass is 354 g/mol. The lowest BCUT2D eigenvalue weighted by Gasteiger charge is -2.35. The first-order valence-electron chi connectivity index (χ1n) is 7.16. The van der Waals surface area contributed by atoms with Crippen molar-refractivity contribution in [3.63, 3.8) is 0 Å². The second kappa shape index (κ2) is 7.02. The van der Waals surface area contributed by atoms with Crippen molar-refractivity contribution in [2.75, 3.05) is 11.9 Å². The van der Waals surface area contributed by atoms with Crippen molar-refractivity contribution in [2.45, 2.75) is 38.6 Å². The first-order chi connectivity index (χ1) is 10.0. The Morgan fingerprint density at radius 1 is 1.48 bits per heavy atom. The van der Waals surface area contributed by atoms with Gasteiger partial charge >= 0.3 is 0 Å². The molecule has 1 heterocycles. The van der Waals surface area contributed by atoms with Crippen LogP contribution in [0.5, 0.6) is 0 Å². The van der Waals surface area contributed by atoms with Crippen LogP contribution in [-0.4, -0.2) is 33.6 Å². The van der Waals surface area contributed by atoms with E-state index in [1.807, 2.05) is 4.90 Å². The number of carbonyl (C=O) groups excluding carboxylic acids is 1. The van der Waals surface area contributed by atoms with Gasteiger partial charge in [-0.05, 0) is 38.7 Å². The Hall–Kier alpha value is -1.43. The van der Waals surface area contributed by atoms with E-state index >= 15 is 0 Å². The van der Waals surface area contributed by atoms with Gasteiger partial charge in [-0.15, -0.1) is 0 Å². The van der Waals surface area contributed by atoms with Gasteiger partial charge in [0.1, 0.15) is 0 Å². The summed E-state index contributed by atoms with van der Waals surface area (Å²) < 4.78 is 0. The van der Waals surface area contributed by atoms with Crippen molar-refractivity contribution in [2.24, 2.45) is 0 Å². The number of piperidine rings is 1. The lowest BCUT2D eigenvalue weighted by molar-refractivity contribution is -0.385. The molecule has 1 aliphatic rings. The van der Waals surface area contributed by atoms with Crippen LogP contribution in [-0.2, 0) is 0 Å². The predicted molar refractivity (Wildman–Crippen MR) is 84.9 cm³/mol. The summed E-state index contributed by atoms with van der Waals surface area (Å²) in [6, 6.07) is 4.96. The lowest BCUT2D eigenvalue weighted by Crippen LogP contribution is -2.43. The summed E-state index contributed by atoms with van der Waals surface area (Å²) in [6.07, 6.45) is 4.05. The topological polar surface area (TPSA) is 63.5 Å². The lowest BCUT2D eigenvalue weighted by atomic mass is 9.98. The molecule has 1 fully saturated rings. The number of nitro benzene ring substituents is 1. The van der Waals surface area contributed by atoms with Crippen molar-refractivity contribution in [1.82, 2.24) is 4.90 Å². The molecular formula is C15H19BrN2O3. The van der Waals surface area contributed by atoms with Crippen LogP contribution < -0.4 is 0 Å². The Balaban J connectivity index is 2.26. The molecule has 0 aliphatic carbocycles. The van der Waals surface area contributed by atoms with Gasteiger partial charge in [-0.3, -0.25) is 14.9 Å². The molecule has 6 heteroatoms. The molecular weight excluding hydrogens is 336 g/mol. The maximum absolute atomic E-state index is 12.7. The highest BCUT2D eigenvalue weighted by molar-refractivity contribution is 9.09. The first-order valence-corrected chi connectivity index (χ1v) is 8.28. The van der Waals surface area contributed by atoms with E-state index in [0.29, 0.717) is 11.1 Å². The SMILES string of the molecule is Cc1ccc(C(=O)N2CCCCC2CCBr)cc1[N+](=O)[O-]. The molecule has 1 aromatic carbocycles. The molecule has 0 N–H and O–H groups in total. The number of nitrogens with zero attached hydrogens (tertiary/aromatic N) is 2. The smallest absolute Gasteiger partial charge is 0.273 e. The van der Waals surface area contributed by atoms with E-state index in [2.05, 4.69) is 15.9 Å². The fraction of sp³-hybridized carbons (Fsp3) is 0.533. The van der Waals surface area contributed by atoms with E-state index in [0.717, 1.165) is 37.6 Å². The van der Waals surface area contributed by atoms with E-state index in [9.17, 15) is 14.9 Å². The Labute approximate surface area is 132 Å². The number of hydrogen-bond acceptors (Lipinski definition) is 3. The molecule has 0 aromatic heterocycles. The molecule has 1 aliphatic heterocycles. The highest BCUT2D eigenvalue weighted by Gasteiger charge is 2.28. The molecule has 0 radical (unpaired) electrons. The minimum atomic E-state index is -0.432. The molecule has 1 atom stereocenters. The molecule has 1 unspecified atom stereocenters. The Morgan fingerprint density at radius 3 is 2.90 bits per heavy atom. The summed E-state index contributed by atoms with van der Waals surface area (Å²) in [4.78, 5) is 25.1. The highest BCUT2D eigenvalue weighted by atomic mass is 79.9. The van der Waals surface area contributed by atoms with Crippen LogP contribution in [0, 0.1) is 17.0 Å². The third-order valence-corrected chi connectivity index (χ3v) is 4.44. The Kier molecular flexibility index (Phi) is 5.33. The summed E-state index contributed by atoms with van der Waals surface area (Å²) in [5, 5.41) is 11.9. The van der Waals surface area contributed by atoms with Crippen LogP contribution in [0.4, 0.5) is 5.69 Å². The van der Waals surface area contributed by atoms with Gasteiger partial charge in [0.05, 0.1) is 4.92 Å². The summed E-state index contributed by atoms with van der Waals surface area (Å²) in [6.45, 7) is 2.42. The number of halogens is 1. The van der Waals surface area contributed by atoms with Gasteiger partial charge in [0.15, 0.2) is 0 Å². The summed E-state index contributed by atoms with van der Waals surface area (Å²) in [5.74, 6) is -0.0937. The van der Waals surface area contributed by atoms with Gasteiger partial charge in [-0.25, -0.2) is 0 Å². The summed E-state index contributed by atoms with van der Waals surface area (Å²) in [5.41, 5.74) is 0.996. The van der Waals surface area contributed by atoms with Crippen molar-refractivity contribution in [1.29, 1.82) is 0 Å². The molecule has 0 saturated carbocycles. The van der Waals surface area contributed by atoms with E-state index in [4.69, 9.17) is 0 Å². The van der Waals surface area contributed by atoms with Gasteiger partial charge in [0.25, 0.3) is 11.6 Å². The average Bonchev–Trinajstić information content (AvgIpc) is 2.47. The molecule has 1 amide bonds. The Morgan fingerprint density at radius 2 is 2.24 bits per heavy atom. The van der Waals surface area contributed by atoms with Gasteiger partial charge in [0.2, 0.25) is 0 Å². The zero-order valence-electron chi connectivity index (χ0n) is 12.0. The van der Waals surface area contributed by atoms with Gasteiger partial charge in [0, 0.05) is 35.1 Å². The van der Waals surface area contributed by atoms with Crippen LogP contribution in [0.2, 0.25) is 0 Å². The van der Waals surface area contributed by atoms with Gasteiger partial charge < -0.3 is 4.90 Å². The molecule has 5 nitrogen and oxygen atoms in total. The highest BCUT2D eigenvalue weighted by Crippen LogP contribution is 2.25. The standard InChI is InChI=1S/C15H19BrN2O3/c1-11-5-6-12(10-14(11)18(20)21)15(19)17-9-3-2-4-13(17)7-8-16/h5-6,10,13H,2-4,7-9H2,1H3. The number of nitro groups is 1. The normalized spacial score (nSPS) is 18.6. The molecule has 2 rings (SSSR count). The minimum Gasteiger partial charge on any atom is -0.336 e. The van der Waals surface area contributed by atoms with Crippen molar-refractivity contribution >= 4 is 27.5 Å². The van der Waals surface area contributed by atoms with Crippen molar-refractivity contribution in [3.05, 3.63) is 39.4 Å². The maximum Gasteiger partial charge on any atom is 0.273 e. The van der Waals surface area contributed by atoms with E-state index in [1.54, 1.807) is 19.1 Å². The van der Waals surface area contributed by atoms with Crippen molar-refractivity contribution < 1.29 is 9.72 Å². The summed E-state index contributed by atoms with van der Waals surface area (Å²) in [7, 11) is 0. The second-order valence-corrected chi connectivity index (χ2v) is 6.18. The van der Waals surface area contributed by atoms with Crippen molar-refractivity contribution in [3.8, 4) is 0 Å². The largest absolute Gasteiger partial charge is 0.336 e. The predicted octanol–water partition coefficient (Wildman–Crippen LogP) is 3.68. The second-order valence-electron chi connectivity index (χ2n) is 5.38. The third kappa shape index (κ3) is 3.61. The van der Waals surface area contributed by atoms with E-state index in [1.165, 1.54) is 6.07 Å². The third-order valence-electron chi connectivity index (χ3n) is 3.98. The molecule has 1 aromatic rings. The number of carbonyl (C=O) groups is 1. The van der Waals surface area contributed by atoms with E-state index in [-0.39, 0.29) is 17.6 Å². The zero-order valence-corrected chi connectivity index (χ0v) is 13.6. The molecule has 1 saturated heterocycles. The number of aryl methyl sites for hydroxylation is 1. The van der Waals surface area contributed by atoms with Gasteiger partial charge in [-0.2, -0.15) is 0 Å². The number of rotatable bonds is 4. The van der Waals surface area contributed by atoms with Crippen LogP contribution in [0.1, 0.15) is 41.6 Å². The van der Waals surface area contributed by atoms with E-state index < -0.39 is 4.92 Å². The Bertz CT molecular complexity index is 546. The van der Waals surface area contributed by atoms with Gasteiger partial charge in [-0.1, -0.05) is 22.0 Å². The fourth-order valence-electron chi connectivity index (χ4n) is 2.80. The molecule has 21 heavy (non-hydrogen) atoms. The van der Waals surface area contributed by atoms with Crippen LogP contribution in [0.15, 0.2) is 18.2 Å². The number of hydrogen-bond donors (Lipinski definition) is 0. The van der Waals surface area contributed by atoms with Crippen LogP contribution in [0.3, 0.4) is 0 Å². The first kappa shape index (κ1) is 15.9. The maximum atomic E-state index is 12.7. The average molecular weight is 355 g/mol. The number of alkyl halides is 1. The fourth-order valence-corrected chi connectivity index (χ4v) is 3.33. The minimum absolute atomic E-state index is 0.00917. The number of likely N-dealkylation sites (tertiary alicyclic amines) is 1. The molecule has 114 valence electrons. The summed E-state index contributed by atoms with van der Waals surface area (Å²) >= 11 is 3.43. The number of benzene rings is 1. The zero-order chi connectivity index (χ0) is 15.4. The molecule has 0 bridgehead atoms. The quantitative estimate of drug-likeness (QED) is 0.470. The molecule has 0 spiro atoms. The number of amides is 1.